The van der Waals surface area contributed by atoms with Crippen LogP contribution in [0, 0.1) is 23.7 Å². The lowest BCUT2D eigenvalue weighted by Crippen LogP contribution is -2.34. The van der Waals surface area contributed by atoms with Crippen LogP contribution in [0.3, 0.4) is 0 Å². The van der Waals surface area contributed by atoms with Crippen molar-refractivity contribution in [2.45, 2.75) is 234 Å². The number of carbonyl (C=O) groups excluding carboxylic acids is 3. The Morgan fingerprint density at radius 3 is 1.06 bits per heavy atom. The van der Waals surface area contributed by atoms with Gasteiger partial charge < -0.3 is 19.3 Å². The van der Waals surface area contributed by atoms with Crippen molar-refractivity contribution in [2.24, 2.45) is 23.7 Å². The maximum absolute atomic E-state index is 13.2. The zero-order chi connectivity index (χ0) is 40.2. The fraction of sp³-hybridized carbons (Fsp3) is 0.913. The lowest BCUT2D eigenvalue weighted by atomic mass is 9.82. The van der Waals surface area contributed by atoms with Gasteiger partial charge in [-0.2, -0.15) is 0 Å². The van der Waals surface area contributed by atoms with Gasteiger partial charge in [-0.25, -0.2) is 0 Å². The molecular formula is C46H86O8. The fourth-order valence-corrected chi connectivity index (χ4v) is 6.95. The number of aliphatic carboxylic acids is 1. The Kier molecular flexibility index (Phi) is 35.1. The van der Waals surface area contributed by atoms with E-state index in [0.29, 0.717) is 19.3 Å². The molecule has 0 aromatic carbocycles. The summed E-state index contributed by atoms with van der Waals surface area (Å²) in [5, 5.41) is 9.37. The van der Waals surface area contributed by atoms with E-state index in [2.05, 4.69) is 13.8 Å². The normalized spacial score (nSPS) is 13.7. The first-order valence-corrected chi connectivity index (χ1v) is 22.8. The summed E-state index contributed by atoms with van der Waals surface area (Å²) < 4.78 is 16.8. The molecule has 54 heavy (non-hydrogen) atoms. The van der Waals surface area contributed by atoms with Crippen molar-refractivity contribution in [1.82, 2.24) is 0 Å². The summed E-state index contributed by atoms with van der Waals surface area (Å²) in [6.45, 7) is 11.4. The van der Waals surface area contributed by atoms with E-state index in [1.54, 1.807) is 13.8 Å². The van der Waals surface area contributed by atoms with Crippen molar-refractivity contribution in [2.75, 3.05) is 13.2 Å². The second kappa shape index (κ2) is 36.5. The number of hydrogen-bond donors (Lipinski definition) is 1. The maximum Gasteiger partial charge on any atom is 0.309 e. The molecule has 0 aliphatic rings. The SMILES string of the molecule is CCCCCCCCCCCCCCCC(=O)OCC(COC(=O)CCCCCCCCCCCCCCC)OC(=O)C(C)C(C)CC(C)C(C)C(=O)O. The van der Waals surface area contributed by atoms with Crippen LogP contribution in [0.15, 0.2) is 0 Å². The molecule has 0 radical (unpaired) electrons. The molecule has 8 heteroatoms. The van der Waals surface area contributed by atoms with Gasteiger partial charge in [0.15, 0.2) is 6.10 Å². The van der Waals surface area contributed by atoms with Gasteiger partial charge in [0.05, 0.1) is 11.8 Å². The predicted octanol–water partition coefficient (Wildman–Crippen LogP) is 13.0. The van der Waals surface area contributed by atoms with Crippen LogP contribution in [0.1, 0.15) is 228 Å². The van der Waals surface area contributed by atoms with Gasteiger partial charge in [0.2, 0.25) is 0 Å². The third-order valence-corrected chi connectivity index (χ3v) is 11.3. The summed E-state index contributed by atoms with van der Waals surface area (Å²) in [6, 6.07) is 0. The summed E-state index contributed by atoms with van der Waals surface area (Å²) in [5.74, 6) is -3.25. The number of hydrogen-bond acceptors (Lipinski definition) is 7. The quantitative estimate of drug-likeness (QED) is 0.0373. The van der Waals surface area contributed by atoms with Crippen LogP contribution in [0.25, 0.3) is 0 Å². The highest BCUT2D eigenvalue weighted by molar-refractivity contribution is 5.73. The van der Waals surface area contributed by atoms with E-state index >= 15 is 0 Å². The van der Waals surface area contributed by atoms with E-state index in [0.717, 1.165) is 38.5 Å². The molecule has 4 atom stereocenters. The summed E-state index contributed by atoms with van der Waals surface area (Å²) >= 11 is 0. The second-order valence-electron chi connectivity index (χ2n) is 16.5. The van der Waals surface area contributed by atoms with E-state index in [9.17, 15) is 24.3 Å². The monoisotopic (exact) mass is 767 g/mol. The summed E-state index contributed by atoms with van der Waals surface area (Å²) in [4.78, 5) is 49.8. The average Bonchev–Trinajstić information content (AvgIpc) is 3.15. The van der Waals surface area contributed by atoms with Gasteiger partial charge in [-0.05, 0) is 31.1 Å². The molecule has 0 aliphatic carbocycles. The van der Waals surface area contributed by atoms with Crippen molar-refractivity contribution in [3.8, 4) is 0 Å². The van der Waals surface area contributed by atoms with E-state index in [4.69, 9.17) is 14.2 Å². The Bertz CT molecular complexity index is 874. The Hall–Kier alpha value is -2.12. The van der Waals surface area contributed by atoms with Crippen LogP contribution >= 0.6 is 0 Å². The molecular weight excluding hydrogens is 680 g/mol. The predicted molar refractivity (Wildman–Crippen MR) is 221 cm³/mol. The van der Waals surface area contributed by atoms with Crippen LogP contribution in [0.2, 0.25) is 0 Å². The minimum absolute atomic E-state index is 0.110. The topological polar surface area (TPSA) is 116 Å². The van der Waals surface area contributed by atoms with Gasteiger partial charge in [-0.15, -0.1) is 0 Å². The Morgan fingerprint density at radius 1 is 0.444 bits per heavy atom. The summed E-state index contributed by atoms with van der Waals surface area (Å²) in [7, 11) is 0. The molecule has 0 heterocycles. The molecule has 8 nitrogen and oxygen atoms in total. The zero-order valence-electron chi connectivity index (χ0n) is 36.1. The summed E-state index contributed by atoms with van der Waals surface area (Å²) in [6.07, 6.45) is 32.2. The Balaban J connectivity index is 4.59. The lowest BCUT2D eigenvalue weighted by Gasteiger charge is -2.26. The molecule has 0 bridgehead atoms. The third kappa shape index (κ3) is 31.1. The fourth-order valence-electron chi connectivity index (χ4n) is 6.95. The number of ether oxygens (including phenoxy) is 3. The van der Waals surface area contributed by atoms with Crippen molar-refractivity contribution >= 4 is 23.9 Å². The lowest BCUT2D eigenvalue weighted by molar-refractivity contribution is -0.170. The molecule has 0 aromatic heterocycles. The molecule has 4 unspecified atom stereocenters. The van der Waals surface area contributed by atoms with Gasteiger partial charge in [-0.1, -0.05) is 196 Å². The van der Waals surface area contributed by atoms with Crippen molar-refractivity contribution in [3.05, 3.63) is 0 Å². The first-order chi connectivity index (χ1) is 26.0. The van der Waals surface area contributed by atoms with Crippen LogP contribution < -0.4 is 0 Å². The number of unbranched alkanes of at least 4 members (excludes halogenated alkanes) is 24. The van der Waals surface area contributed by atoms with E-state index in [-0.39, 0.29) is 37.0 Å². The van der Waals surface area contributed by atoms with Crippen molar-refractivity contribution in [3.63, 3.8) is 0 Å². The first kappa shape index (κ1) is 51.9. The molecule has 0 amide bonds. The van der Waals surface area contributed by atoms with Crippen LogP contribution in [-0.2, 0) is 33.4 Å². The Morgan fingerprint density at radius 2 is 0.741 bits per heavy atom. The van der Waals surface area contributed by atoms with E-state index < -0.39 is 29.9 Å². The van der Waals surface area contributed by atoms with Crippen LogP contribution in [0.4, 0.5) is 0 Å². The van der Waals surface area contributed by atoms with Gasteiger partial charge in [0, 0.05) is 12.8 Å². The van der Waals surface area contributed by atoms with Gasteiger partial charge >= 0.3 is 23.9 Å². The van der Waals surface area contributed by atoms with Gasteiger partial charge in [0.1, 0.15) is 13.2 Å². The smallest absolute Gasteiger partial charge is 0.309 e. The molecule has 0 saturated heterocycles. The first-order valence-electron chi connectivity index (χ1n) is 22.8. The minimum atomic E-state index is -0.895. The molecule has 0 spiro atoms. The number of carboxylic acid groups (broad SMARTS) is 1. The number of rotatable bonds is 39. The largest absolute Gasteiger partial charge is 0.481 e. The molecule has 0 rings (SSSR count). The molecule has 0 fully saturated rings. The standard InChI is InChI=1S/C46H86O8/c1-7-9-11-13-15-17-19-21-23-25-27-29-31-33-43(47)52-36-42(54-46(51)41(6)39(4)35-38(3)40(5)45(49)50)37-53-44(48)34-32-30-28-26-24-22-20-18-16-14-12-10-8-2/h38-42H,7-37H2,1-6H3,(H,49,50). The number of esters is 3. The molecule has 318 valence electrons. The molecule has 0 aliphatic heterocycles. The molecule has 0 aromatic rings. The highest BCUT2D eigenvalue weighted by Crippen LogP contribution is 2.26. The Labute approximate surface area is 332 Å². The number of carboxylic acids is 1. The van der Waals surface area contributed by atoms with E-state index in [1.807, 2.05) is 13.8 Å². The van der Waals surface area contributed by atoms with Crippen LogP contribution in [0.5, 0.6) is 0 Å². The highest BCUT2D eigenvalue weighted by atomic mass is 16.6. The molecule has 1 N–H and O–H groups in total. The highest BCUT2D eigenvalue weighted by Gasteiger charge is 2.29. The van der Waals surface area contributed by atoms with Crippen molar-refractivity contribution < 1.29 is 38.5 Å². The summed E-state index contributed by atoms with van der Waals surface area (Å²) in [5.41, 5.74) is 0. The maximum atomic E-state index is 13.2. The zero-order valence-corrected chi connectivity index (χ0v) is 36.1. The van der Waals surface area contributed by atoms with Crippen molar-refractivity contribution in [1.29, 1.82) is 0 Å². The van der Waals surface area contributed by atoms with Gasteiger partial charge in [0.25, 0.3) is 0 Å². The third-order valence-electron chi connectivity index (χ3n) is 11.3. The van der Waals surface area contributed by atoms with Crippen LogP contribution in [-0.4, -0.2) is 48.3 Å². The molecule has 0 saturated carbocycles. The second-order valence-corrected chi connectivity index (χ2v) is 16.5. The van der Waals surface area contributed by atoms with E-state index in [1.165, 1.54) is 128 Å². The number of carbonyl (C=O) groups is 4. The van der Waals surface area contributed by atoms with Gasteiger partial charge in [-0.3, -0.25) is 19.2 Å². The minimum Gasteiger partial charge on any atom is -0.481 e. The average molecular weight is 767 g/mol.